The zero-order chi connectivity index (χ0) is 12.0. The highest BCUT2D eigenvalue weighted by molar-refractivity contribution is 9.11. The van der Waals surface area contributed by atoms with E-state index >= 15 is 0 Å². The molecule has 0 unspecified atom stereocenters. The highest BCUT2D eigenvalue weighted by atomic mass is 79.9. The zero-order valence-electron chi connectivity index (χ0n) is 9.13. The Labute approximate surface area is 104 Å². The summed E-state index contributed by atoms with van der Waals surface area (Å²) in [4.78, 5) is 11.6. The second-order valence-electron chi connectivity index (χ2n) is 3.33. The maximum Gasteiger partial charge on any atom is 0.251 e. The minimum Gasteiger partial charge on any atom is -0.380 e. The molecule has 0 aliphatic rings. The lowest BCUT2D eigenvalue weighted by Crippen LogP contribution is -2.24. The second-order valence-corrected chi connectivity index (χ2v) is 4.45. The zero-order valence-corrected chi connectivity index (χ0v) is 10.7. The Kier molecular flexibility index (Phi) is 5.22. The lowest BCUT2D eigenvalue weighted by atomic mass is 10.1. The fourth-order valence-corrected chi connectivity index (χ4v) is 1.34. The number of benzene rings is 1. The number of hydrogen-bond donors (Lipinski definition) is 1. The van der Waals surface area contributed by atoms with Gasteiger partial charge in [-0.25, -0.2) is 0 Å². The van der Waals surface area contributed by atoms with Crippen LogP contribution in [0.2, 0.25) is 0 Å². The van der Waals surface area contributed by atoms with Gasteiger partial charge >= 0.3 is 0 Å². The number of amides is 1. The van der Waals surface area contributed by atoms with E-state index in [-0.39, 0.29) is 5.91 Å². The number of ether oxygens (including phenoxy) is 1. The molecule has 1 rings (SSSR count). The molecule has 0 spiro atoms. The Morgan fingerprint density at radius 2 is 2.06 bits per heavy atom. The Morgan fingerprint density at radius 1 is 1.44 bits per heavy atom. The number of methoxy groups -OCH3 is 1. The molecule has 1 aromatic rings. The van der Waals surface area contributed by atoms with Gasteiger partial charge < -0.3 is 10.1 Å². The molecule has 1 amide bonds. The fraction of sp³-hybridized carbons (Fsp3) is 0.250. The number of hydrogen-bond acceptors (Lipinski definition) is 2. The number of carbonyl (C=O) groups excluding carboxylic acids is 1. The van der Waals surface area contributed by atoms with Crippen LogP contribution in [0.5, 0.6) is 0 Å². The number of nitrogens with one attached hydrogen (secondary N) is 1. The monoisotopic (exact) mass is 283 g/mol. The van der Waals surface area contributed by atoms with Crippen LogP contribution in [-0.2, 0) is 11.3 Å². The van der Waals surface area contributed by atoms with Gasteiger partial charge in [-0.1, -0.05) is 34.6 Å². The van der Waals surface area contributed by atoms with Crippen LogP contribution in [-0.4, -0.2) is 19.6 Å². The molecule has 1 N–H and O–H groups in total. The predicted molar refractivity (Wildman–Crippen MR) is 67.6 cm³/mol. The summed E-state index contributed by atoms with van der Waals surface area (Å²) in [6, 6.07) is 7.31. The van der Waals surface area contributed by atoms with E-state index in [0.717, 1.165) is 10.0 Å². The largest absolute Gasteiger partial charge is 0.380 e. The molecule has 0 saturated carbocycles. The molecule has 0 saturated heterocycles. The maximum absolute atomic E-state index is 11.6. The van der Waals surface area contributed by atoms with Gasteiger partial charge in [0.1, 0.15) is 0 Å². The van der Waals surface area contributed by atoms with Crippen molar-refractivity contribution in [2.75, 3.05) is 13.7 Å². The molecule has 0 radical (unpaired) electrons. The van der Waals surface area contributed by atoms with Crippen molar-refractivity contribution in [1.29, 1.82) is 0 Å². The van der Waals surface area contributed by atoms with Crippen molar-refractivity contribution in [2.45, 2.75) is 6.61 Å². The molecule has 0 aliphatic carbocycles. The van der Waals surface area contributed by atoms with Crippen molar-refractivity contribution in [3.05, 3.63) is 46.5 Å². The molecule has 86 valence electrons. The van der Waals surface area contributed by atoms with E-state index in [2.05, 4.69) is 27.8 Å². The van der Waals surface area contributed by atoms with Crippen LogP contribution in [0.1, 0.15) is 15.9 Å². The SMILES string of the molecule is C=C(Br)CNC(=O)c1ccc(COC)cc1. The summed E-state index contributed by atoms with van der Waals surface area (Å²) in [5.41, 5.74) is 1.68. The Hall–Kier alpha value is -1.13. The summed E-state index contributed by atoms with van der Waals surface area (Å²) < 4.78 is 5.74. The fourth-order valence-electron chi connectivity index (χ4n) is 1.20. The quantitative estimate of drug-likeness (QED) is 0.902. The first-order valence-corrected chi connectivity index (χ1v) is 5.62. The van der Waals surface area contributed by atoms with Crippen LogP contribution < -0.4 is 5.32 Å². The Bertz CT molecular complexity index is 373. The van der Waals surface area contributed by atoms with E-state index in [0.29, 0.717) is 18.7 Å². The number of rotatable bonds is 5. The molecule has 0 heterocycles. The van der Waals surface area contributed by atoms with Crippen molar-refractivity contribution in [2.24, 2.45) is 0 Å². The third-order valence-corrected chi connectivity index (χ3v) is 2.25. The highest BCUT2D eigenvalue weighted by Crippen LogP contribution is 2.06. The van der Waals surface area contributed by atoms with Gasteiger partial charge in [0.2, 0.25) is 0 Å². The van der Waals surface area contributed by atoms with Crippen LogP contribution in [0, 0.1) is 0 Å². The second kappa shape index (κ2) is 6.45. The smallest absolute Gasteiger partial charge is 0.251 e. The summed E-state index contributed by atoms with van der Waals surface area (Å²) in [5.74, 6) is -0.107. The van der Waals surface area contributed by atoms with E-state index in [4.69, 9.17) is 4.74 Å². The average molecular weight is 284 g/mol. The summed E-state index contributed by atoms with van der Waals surface area (Å²) in [6.07, 6.45) is 0. The van der Waals surface area contributed by atoms with Crippen LogP contribution in [0.3, 0.4) is 0 Å². The molecule has 4 heteroatoms. The topological polar surface area (TPSA) is 38.3 Å². The first-order valence-electron chi connectivity index (χ1n) is 4.83. The lowest BCUT2D eigenvalue weighted by Gasteiger charge is -2.05. The van der Waals surface area contributed by atoms with Gasteiger partial charge in [0.05, 0.1) is 6.61 Å². The number of carbonyl (C=O) groups is 1. The average Bonchev–Trinajstić information content (AvgIpc) is 2.27. The third-order valence-electron chi connectivity index (χ3n) is 1.97. The molecule has 16 heavy (non-hydrogen) atoms. The first-order chi connectivity index (χ1) is 7.63. The molecular formula is C12H14BrNO2. The van der Waals surface area contributed by atoms with E-state index < -0.39 is 0 Å². The van der Waals surface area contributed by atoms with E-state index in [9.17, 15) is 4.79 Å². The van der Waals surface area contributed by atoms with Gasteiger partial charge in [-0.2, -0.15) is 0 Å². The molecule has 0 aliphatic heterocycles. The molecule has 0 atom stereocenters. The van der Waals surface area contributed by atoms with Gasteiger partial charge in [0.15, 0.2) is 0 Å². The normalized spacial score (nSPS) is 9.88. The van der Waals surface area contributed by atoms with Crippen molar-refractivity contribution in [3.8, 4) is 0 Å². The summed E-state index contributed by atoms with van der Waals surface area (Å²) in [5, 5.41) is 2.73. The number of halogens is 1. The summed E-state index contributed by atoms with van der Waals surface area (Å²) >= 11 is 3.18. The van der Waals surface area contributed by atoms with Gasteiger partial charge in [0.25, 0.3) is 5.91 Å². The molecule has 0 bridgehead atoms. The molecule has 3 nitrogen and oxygen atoms in total. The van der Waals surface area contributed by atoms with Gasteiger partial charge in [-0.3, -0.25) is 4.79 Å². The van der Waals surface area contributed by atoms with Crippen molar-refractivity contribution in [3.63, 3.8) is 0 Å². The van der Waals surface area contributed by atoms with Crippen molar-refractivity contribution < 1.29 is 9.53 Å². The molecule has 0 fully saturated rings. The summed E-state index contributed by atoms with van der Waals surface area (Å²) in [6.45, 7) is 4.63. The maximum atomic E-state index is 11.6. The molecular weight excluding hydrogens is 270 g/mol. The van der Waals surface area contributed by atoms with Gasteiger partial charge in [-0.15, -0.1) is 0 Å². The standard InChI is InChI=1S/C12H14BrNO2/c1-9(13)7-14-12(15)11-5-3-10(4-6-11)8-16-2/h3-6H,1,7-8H2,2H3,(H,14,15). The lowest BCUT2D eigenvalue weighted by molar-refractivity contribution is 0.0957. The first kappa shape index (κ1) is 12.9. The minimum atomic E-state index is -0.107. The molecule has 0 aromatic heterocycles. The Morgan fingerprint density at radius 3 is 2.56 bits per heavy atom. The van der Waals surface area contributed by atoms with E-state index in [1.165, 1.54) is 0 Å². The van der Waals surface area contributed by atoms with Crippen molar-refractivity contribution >= 4 is 21.8 Å². The van der Waals surface area contributed by atoms with Crippen LogP contribution >= 0.6 is 15.9 Å². The predicted octanol–water partition coefficient (Wildman–Crippen LogP) is 2.47. The van der Waals surface area contributed by atoms with Gasteiger partial charge in [-0.05, 0) is 17.7 Å². The van der Waals surface area contributed by atoms with Crippen molar-refractivity contribution in [1.82, 2.24) is 5.32 Å². The van der Waals surface area contributed by atoms with Crippen LogP contribution in [0.4, 0.5) is 0 Å². The highest BCUT2D eigenvalue weighted by Gasteiger charge is 2.04. The Balaban J connectivity index is 2.59. The van der Waals surface area contributed by atoms with Crippen LogP contribution in [0.25, 0.3) is 0 Å². The van der Waals surface area contributed by atoms with E-state index in [1.807, 2.05) is 12.1 Å². The third kappa shape index (κ3) is 4.16. The van der Waals surface area contributed by atoms with E-state index in [1.54, 1.807) is 19.2 Å². The minimum absolute atomic E-state index is 0.107. The van der Waals surface area contributed by atoms with Crippen LogP contribution in [0.15, 0.2) is 35.3 Å². The summed E-state index contributed by atoms with van der Waals surface area (Å²) in [7, 11) is 1.64. The molecule has 1 aromatic carbocycles. The van der Waals surface area contributed by atoms with Gasteiger partial charge in [0, 0.05) is 23.7 Å².